The molecule has 0 saturated carbocycles. The van der Waals surface area contributed by atoms with Crippen molar-refractivity contribution in [1.29, 1.82) is 0 Å². The third kappa shape index (κ3) is 4.34. The first-order valence-corrected chi connectivity index (χ1v) is 7.53. The minimum absolute atomic E-state index is 0.119. The van der Waals surface area contributed by atoms with E-state index in [9.17, 15) is 9.59 Å². The number of carbonyl (C=O) groups excluding carboxylic acids is 2. The van der Waals surface area contributed by atoms with Gasteiger partial charge in [0.1, 0.15) is 5.15 Å². The minimum atomic E-state index is -0.375. The number of terminal acetylenes is 1. The maximum Gasteiger partial charge on any atom is 0.257 e. The van der Waals surface area contributed by atoms with Gasteiger partial charge in [-0.05, 0) is 37.3 Å². The van der Waals surface area contributed by atoms with Gasteiger partial charge in [-0.1, -0.05) is 23.6 Å². The van der Waals surface area contributed by atoms with Crippen LogP contribution in [0.2, 0.25) is 5.15 Å². The van der Waals surface area contributed by atoms with Gasteiger partial charge in [-0.2, -0.15) is 0 Å². The monoisotopic (exact) mass is 341 g/mol. The Kier molecular flexibility index (Phi) is 5.56. The standard InChI is InChI=1S/C18H16ClN3O2/c1-4-13-6-5-7-14(10-13)21-16(23)11-22(3)18(24)15-9-8-12(2)20-17(15)19/h1,5-10H,11H2,2-3H3,(H,21,23). The molecule has 2 rings (SSSR count). The van der Waals surface area contributed by atoms with E-state index in [1.165, 1.54) is 11.9 Å². The lowest BCUT2D eigenvalue weighted by Crippen LogP contribution is -2.35. The van der Waals surface area contributed by atoms with Gasteiger partial charge in [0.05, 0.1) is 12.1 Å². The number of nitrogens with zero attached hydrogens (tertiary/aromatic N) is 2. The molecular formula is C18H16ClN3O2. The quantitative estimate of drug-likeness (QED) is 0.687. The van der Waals surface area contributed by atoms with E-state index in [1.54, 1.807) is 43.3 Å². The van der Waals surface area contributed by atoms with Gasteiger partial charge in [-0.3, -0.25) is 9.59 Å². The fourth-order valence-electron chi connectivity index (χ4n) is 2.06. The van der Waals surface area contributed by atoms with Crippen molar-refractivity contribution in [2.45, 2.75) is 6.92 Å². The Morgan fingerprint density at radius 3 is 2.75 bits per heavy atom. The highest BCUT2D eigenvalue weighted by molar-refractivity contribution is 6.32. The molecule has 1 aromatic heterocycles. The van der Waals surface area contributed by atoms with Crippen molar-refractivity contribution in [3.63, 3.8) is 0 Å². The Morgan fingerprint density at radius 1 is 1.33 bits per heavy atom. The van der Waals surface area contributed by atoms with Crippen molar-refractivity contribution in [1.82, 2.24) is 9.88 Å². The van der Waals surface area contributed by atoms with E-state index in [0.29, 0.717) is 16.9 Å². The zero-order valence-corrected chi connectivity index (χ0v) is 14.1. The summed E-state index contributed by atoms with van der Waals surface area (Å²) in [4.78, 5) is 29.8. The number of hydrogen-bond acceptors (Lipinski definition) is 3. The lowest BCUT2D eigenvalue weighted by molar-refractivity contribution is -0.116. The molecule has 122 valence electrons. The lowest BCUT2D eigenvalue weighted by Gasteiger charge is -2.17. The van der Waals surface area contributed by atoms with Crippen LogP contribution in [-0.2, 0) is 4.79 Å². The van der Waals surface area contributed by atoms with Crippen LogP contribution in [0.1, 0.15) is 21.6 Å². The van der Waals surface area contributed by atoms with E-state index in [0.717, 1.165) is 0 Å². The van der Waals surface area contributed by atoms with Crippen LogP contribution in [0.25, 0.3) is 0 Å². The number of rotatable bonds is 4. The average molecular weight is 342 g/mol. The molecule has 24 heavy (non-hydrogen) atoms. The fraction of sp³-hybridized carbons (Fsp3) is 0.167. The van der Waals surface area contributed by atoms with Crippen LogP contribution in [0.4, 0.5) is 5.69 Å². The predicted octanol–water partition coefficient (Wildman–Crippen LogP) is 2.74. The van der Waals surface area contributed by atoms with Gasteiger partial charge in [0.15, 0.2) is 0 Å². The molecule has 5 nitrogen and oxygen atoms in total. The molecule has 1 heterocycles. The summed E-state index contributed by atoms with van der Waals surface area (Å²) in [5, 5.41) is 2.82. The van der Waals surface area contributed by atoms with Crippen molar-refractivity contribution in [2.75, 3.05) is 18.9 Å². The van der Waals surface area contributed by atoms with Crippen molar-refractivity contribution in [3.05, 3.63) is 58.4 Å². The number of aryl methyl sites for hydroxylation is 1. The Labute approximate surface area is 145 Å². The van der Waals surface area contributed by atoms with Crippen LogP contribution in [0.3, 0.4) is 0 Å². The number of aromatic nitrogens is 1. The predicted molar refractivity (Wildman–Crippen MR) is 94.0 cm³/mol. The molecule has 1 aromatic carbocycles. The Hall–Kier alpha value is -2.84. The lowest BCUT2D eigenvalue weighted by atomic mass is 10.2. The molecular weight excluding hydrogens is 326 g/mol. The van der Waals surface area contributed by atoms with Crippen molar-refractivity contribution in [2.24, 2.45) is 0 Å². The first-order chi connectivity index (χ1) is 11.4. The van der Waals surface area contributed by atoms with Crippen LogP contribution in [0.15, 0.2) is 36.4 Å². The second-order valence-corrected chi connectivity index (χ2v) is 5.58. The SMILES string of the molecule is C#Cc1cccc(NC(=O)CN(C)C(=O)c2ccc(C)nc2Cl)c1. The van der Waals surface area contributed by atoms with Gasteiger partial charge >= 0.3 is 0 Å². The van der Waals surface area contributed by atoms with Gasteiger partial charge in [0.25, 0.3) is 5.91 Å². The van der Waals surface area contributed by atoms with E-state index in [-0.39, 0.29) is 29.1 Å². The molecule has 0 unspecified atom stereocenters. The molecule has 0 bridgehead atoms. The summed E-state index contributed by atoms with van der Waals surface area (Å²) in [6, 6.07) is 10.2. The van der Waals surface area contributed by atoms with Gasteiger partial charge < -0.3 is 10.2 Å². The van der Waals surface area contributed by atoms with E-state index < -0.39 is 0 Å². The first-order valence-electron chi connectivity index (χ1n) is 7.16. The molecule has 0 aliphatic carbocycles. The summed E-state index contributed by atoms with van der Waals surface area (Å²) in [5.74, 6) is 1.78. The number of benzene rings is 1. The zero-order valence-electron chi connectivity index (χ0n) is 13.3. The van der Waals surface area contributed by atoms with E-state index in [4.69, 9.17) is 18.0 Å². The molecule has 2 amide bonds. The number of nitrogens with one attached hydrogen (secondary N) is 1. The topological polar surface area (TPSA) is 62.3 Å². The number of amides is 2. The van der Waals surface area contributed by atoms with E-state index in [1.807, 2.05) is 0 Å². The Balaban J connectivity index is 2.02. The zero-order chi connectivity index (χ0) is 17.7. The number of anilines is 1. The number of pyridine rings is 1. The second kappa shape index (κ2) is 7.62. The van der Waals surface area contributed by atoms with Crippen LogP contribution < -0.4 is 5.32 Å². The summed E-state index contributed by atoms with van der Waals surface area (Å²) in [6.45, 7) is 1.66. The number of likely N-dealkylation sites (N-methyl/N-ethyl adjacent to an activating group) is 1. The number of halogens is 1. The van der Waals surface area contributed by atoms with Gasteiger partial charge in [0.2, 0.25) is 5.91 Å². The molecule has 1 N–H and O–H groups in total. The van der Waals surface area contributed by atoms with Crippen LogP contribution in [0.5, 0.6) is 0 Å². The molecule has 6 heteroatoms. The maximum absolute atomic E-state index is 12.4. The van der Waals surface area contributed by atoms with Gasteiger partial charge in [-0.25, -0.2) is 4.98 Å². The van der Waals surface area contributed by atoms with Crippen molar-refractivity contribution < 1.29 is 9.59 Å². The molecule has 0 radical (unpaired) electrons. The molecule has 0 atom stereocenters. The molecule has 0 saturated heterocycles. The second-order valence-electron chi connectivity index (χ2n) is 5.23. The summed E-state index contributed by atoms with van der Waals surface area (Å²) >= 11 is 5.99. The van der Waals surface area contributed by atoms with Crippen LogP contribution in [-0.4, -0.2) is 35.3 Å². The Morgan fingerprint density at radius 2 is 2.08 bits per heavy atom. The van der Waals surface area contributed by atoms with Crippen LogP contribution >= 0.6 is 11.6 Å². The fourth-order valence-corrected chi connectivity index (χ4v) is 2.34. The number of hydrogen-bond donors (Lipinski definition) is 1. The molecule has 0 aliphatic rings. The summed E-state index contributed by atoms with van der Waals surface area (Å²) in [6.07, 6.45) is 5.33. The average Bonchev–Trinajstić information content (AvgIpc) is 2.54. The first kappa shape index (κ1) is 17.5. The van der Waals surface area contributed by atoms with Gasteiger partial charge in [-0.15, -0.1) is 6.42 Å². The maximum atomic E-state index is 12.4. The molecule has 0 aliphatic heterocycles. The van der Waals surface area contributed by atoms with E-state index in [2.05, 4.69) is 16.2 Å². The third-order valence-corrected chi connectivity index (χ3v) is 3.55. The Bertz CT molecular complexity index is 827. The highest BCUT2D eigenvalue weighted by Crippen LogP contribution is 2.15. The highest BCUT2D eigenvalue weighted by atomic mass is 35.5. The summed E-state index contributed by atoms with van der Waals surface area (Å²) in [7, 11) is 1.52. The van der Waals surface area contributed by atoms with E-state index >= 15 is 0 Å². The van der Waals surface area contributed by atoms with Crippen LogP contribution in [0, 0.1) is 19.3 Å². The molecule has 2 aromatic rings. The molecule has 0 fully saturated rings. The normalized spacial score (nSPS) is 9.92. The summed E-state index contributed by atoms with van der Waals surface area (Å²) in [5.41, 5.74) is 2.21. The molecule has 0 spiro atoms. The third-order valence-electron chi connectivity index (χ3n) is 3.26. The van der Waals surface area contributed by atoms with Crippen molar-refractivity contribution >= 4 is 29.1 Å². The highest BCUT2D eigenvalue weighted by Gasteiger charge is 2.18. The smallest absolute Gasteiger partial charge is 0.257 e. The minimum Gasteiger partial charge on any atom is -0.332 e. The van der Waals surface area contributed by atoms with Crippen molar-refractivity contribution in [3.8, 4) is 12.3 Å². The van der Waals surface area contributed by atoms with Gasteiger partial charge in [0, 0.05) is 24.0 Å². The summed E-state index contributed by atoms with van der Waals surface area (Å²) < 4.78 is 0. The number of carbonyl (C=O) groups is 2. The largest absolute Gasteiger partial charge is 0.332 e.